The van der Waals surface area contributed by atoms with E-state index < -0.39 is 6.10 Å². The zero-order chi connectivity index (χ0) is 18.4. The summed E-state index contributed by atoms with van der Waals surface area (Å²) in [5, 5.41) is 3.99. The van der Waals surface area contributed by atoms with Crippen LogP contribution in [0.5, 0.6) is 5.75 Å². The SMILES string of the molecule is Cc1ccc(C(C)C)cc1O[C@H](C)C(=O)N/N=C\c1cccc(Br)c1. The smallest absolute Gasteiger partial charge is 0.280 e. The number of carbonyl (C=O) groups is 1. The number of hydrazone groups is 1. The average Bonchev–Trinajstić information content (AvgIpc) is 2.56. The Kier molecular flexibility index (Phi) is 6.76. The molecule has 0 aromatic heterocycles. The molecule has 0 aliphatic carbocycles. The highest BCUT2D eigenvalue weighted by Crippen LogP contribution is 2.25. The average molecular weight is 403 g/mol. The van der Waals surface area contributed by atoms with Crippen molar-refractivity contribution in [2.24, 2.45) is 5.10 Å². The van der Waals surface area contributed by atoms with Gasteiger partial charge in [-0.3, -0.25) is 4.79 Å². The summed E-state index contributed by atoms with van der Waals surface area (Å²) in [6.07, 6.45) is 0.959. The molecule has 5 heteroatoms. The molecule has 0 saturated heterocycles. The fourth-order valence-corrected chi connectivity index (χ4v) is 2.61. The van der Waals surface area contributed by atoms with Gasteiger partial charge in [0.15, 0.2) is 6.10 Å². The van der Waals surface area contributed by atoms with Gasteiger partial charge < -0.3 is 4.74 Å². The van der Waals surface area contributed by atoms with Crippen LogP contribution >= 0.6 is 15.9 Å². The first-order valence-corrected chi connectivity index (χ1v) is 9.02. The number of amides is 1. The number of benzene rings is 2. The molecule has 0 spiro atoms. The normalized spacial score (nSPS) is 12.4. The van der Waals surface area contributed by atoms with Crippen molar-refractivity contribution in [1.29, 1.82) is 0 Å². The molecule has 1 amide bonds. The molecule has 0 aliphatic heterocycles. The van der Waals surface area contributed by atoms with E-state index in [1.807, 2.05) is 43.3 Å². The number of nitrogens with zero attached hydrogens (tertiary/aromatic N) is 1. The first-order chi connectivity index (χ1) is 11.9. The highest BCUT2D eigenvalue weighted by atomic mass is 79.9. The Labute approximate surface area is 157 Å². The van der Waals surface area contributed by atoms with Gasteiger partial charge in [-0.1, -0.05) is 54.0 Å². The lowest BCUT2D eigenvalue weighted by atomic mass is 10.0. The van der Waals surface area contributed by atoms with Crippen LogP contribution in [0.25, 0.3) is 0 Å². The van der Waals surface area contributed by atoms with E-state index in [4.69, 9.17) is 4.74 Å². The summed E-state index contributed by atoms with van der Waals surface area (Å²) >= 11 is 3.40. The molecule has 1 atom stereocenters. The number of carbonyl (C=O) groups excluding carboxylic acids is 1. The second-order valence-corrected chi connectivity index (χ2v) is 7.14. The van der Waals surface area contributed by atoms with E-state index in [1.165, 1.54) is 5.56 Å². The standard InChI is InChI=1S/C20H23BrN2O2/c1-13(2)17-9-8-14(3)19(11-17)25-15(4)20(24)23-22-12-16-6-5-7-18(21)10-16/h5-13,15H,1-4H3,(H,23,24)/b22-12-/t15-/m1/s1. The third-order valence-electron chi connectivity index (χ3n) is 3.79. The minimum absolute atomic E-state index is 0.291. The summed E-state index contributed by atoms with van der Waals surface area (Å²) in [6.45, 7) is 7.93. The Balaban J connectivity index is 1.97. The third kappa shape index (κ3) is 5.71. The van der Waals surface area contributed by atoms with E-state index in [-0.39, 0.29) is 5.91 Å². The van der Waals surface area contributed by atoms with Crippen LogP contribution in [0.2, 0.25) is 0 Å². The molecule has 2 rings (SSSR count). The highest BCUT2D eigenvalue weighted by molar-refractivity contribution is 9.10. The van der Waals surface area contributed by atoms with E-state index in [2.05, 4.69) is 46.4 Å². The largest absolute Gasteiger partial charge is 0.481 e. The molecular formula is C20H23BrN2O2. The fraction of sp³-hybridized carbons (Fsp3) is 0.300. The topological polar surface area (TPSA) is 50.7 Å². The number of ether oxygens (including phenoxy) is 1. The van der Waals surface area contributed by atoms with E-state index in [0.717, 1.165) is 21.3 Å². The van der Waals surface area contributed by atoms with Gasteiger partial charge in [-0.15, -0.1) is 0 Å². The van der Waals surface area contributed by atoms with Crippen LogP contribution in [-0.4, -0.2) is 18.2 Å². The summed E-state index contributed by atoms with van der Waals surface area (Å²) in [5.74, 6) is 0.840. The van der Waals surface area contributed by atoms with E-state index in [1.54, 1.807) is 13.1 Å². The van der Waals surface area contributed by atoms with Crippen LogP contribution in [-0.2, 0) is 4.79 Å². The zero-order valence-electron chi connectivity index (χ0n) is 14.9. The maximum absolute atomic E-state index is 12.2. The van der Waals surface area contributed by atoms with Gasteiger partial charge in [0.1, 0.15) is 5.75 Å². The Morgan fingerprint density at radius 3 is 2.64 bits per heavy atom. The van der Waals surface area contributed by atoms with Gasteiger partial charge in [-0.2, -0.15) is 5.10 Å². The number of hydrogen-bond donors (Lipinski definition) is 1. The Morgan fingerprint density at radius 1 is 1.20 bits per heavy atom. The Bertz CT molecular complexity index is 772. The maximum Gasteiger partial charge on any atom is 0.280 e. The second kappa shape index (κ2) is 8.81. The molecule has 0 radical (unpaired) electrons. The number of halogens is 1. The van der Waals surface area contributed by atoms with Crippen LogP contribution in [0, 0.1) is 6.92 Å². The van der Waals surface area contributed by atoms with Crippen molar-refractivity contribution >= 4 is 28.1 Å². The summed E-state index contributed by atoms with van der Waals surface area (Å²) in [4.78, 5) is 12.2. The molecule has 4 nitrogen and oxygen atoms in total. The predicted octanol–water partition coefficient (Wildman–Crippen LogP) is 4.80. The predicted molar refractivity (Wildman–Crippen MR) is 105 cm³/mol. The first kappa shape index (κ1) is 19.2. The minimum atomic E-state index is -0.638. The van der Waals surface area contributed by atoms with Crippen molar-refractivity contribution in [3.05, 3.63) is 63.6 Å². The Hall–Kier alpha value is -2.14. The second-order valence-electron chi connectivity index (χ2n) is 6.23. The van der Waals surface area contributed by atoms with E-state index in [0.29, 0.717) is 5.92 Å². The van der Waals surface area contributed by atoms with Crippen molar-refractivity contribution in [3.63, 3.8) is 0 Å². The van der Waals surface area contributed by atoms with E-state index in [9.17, 15) is 4.79 Å². The van der Waals surface area contributed by atoms with Gasteiger partial charge in [0.25, 0.3) is 5.91 Å². The highest BCUT2D eigenvalue weighted by Gasteiger charge is 2.15. The molecule has 0 heterocycles. The summed E-state index contributed by atoms with van der Waals surface area (Å²) in [7, 11) is 0. The van der Waals surface area contributed by atoms with Crippen LogP contribution in [0.3, 0.4) is 0 Å². The molecule has 0 saturated carbocycles. The van der Waals surface area contributed by atoms with Crippen LogP contribution in [0.1, 0.15) is 43.4 Å². The van der Waals surface area contributed by atoms with Gasteiger partial charge in [0.2, 0.25) is 0 Å². The molecule has 2 aromatic rings. The monoisotopic (exact) mass is 402 g/mol. The molecule has 132 valence electrons. The molecule has 1 N–H and O–H groups in total. The molecular weight excluding hydrogens is 380 g/mol. The van der Waals surface area contributed by atoms with Gasteiger partial charge in [-0.05, 0) is 54.7 Å². The number of nitrogens with one attached hydrogen (secondary N) is 1. The Morgan fingerprint density at radius 2 is 1.96 bits per heavy atom. The zero-order valence-corrected chi connectivity index (χ0v) is 16.5. The lowest BCUT2D eigenvalue weighted by Crippen LogP contribution is -2.33. The number of hydrogen-bond acceptors (Lipinski definition) is 3. The minimum Gasteiger partial charge on any atom is -0.481 e. The molecule has 0 fully saturated rings. The summed E-state index contributed by atoms with van der Waals surface area (Å²) in [6, 6.07) is 13.7. The van der Waals surface area contributed by atoms with Crippen molar-refractivity contribution < 1.29 is 9.53 Å². The van der Waals surface area contributed by atoms with Gasteiger partial charge in [0.05, 0.1) is 6.21 Å². The lowest BCUT2D eigenvalue weighted by molar-refractivity contribution is -0.127. The fourth-order valence-electron chi connectivity index (χ4n) is 2.19. The van der Waals surface area contributed by atoms with Crippen LogP contribution < -0.4 is 10.2 Å². The number of rotatable bonds is 6. The first-order valence-electron chi connectivity index (χ1n) is 8.22. The quantitative estimate of drug-likeness (QED) is 0.557. The molecule has 25 heavy (non-hydrogen) atoms. The van der Waals surface area contributed by atoms with Crippen molar-refractivity contribution in [2.75, 3.05) is 0 Å². The number of aryl methyl sites for hydroxylation is 1. The van der Waals surface area contributed by atoms with Crippen LogP contribution in [0.4, 0.5) is 0 Å². The van der Waals surface area contributed by atoms with Gasteiger partial charge >= 0.3 is 0 Å². The van der Waals surface area contributed by atoms with E-state index >= 15 is 0 Å². The van der Waals surface area contributed by atoms with Crippen LogP contribution in [0.15, 0.2) is 52.0 Å². The summed E-state index contributed by atoms with van der Waals surface area (Å²) < 4.78 is 6.78. The van der Waals surface area contributed by atoms with Crippen molar-refractivity contribution in [1.82, 2.24) is 5.43 Å². The van der Waals surface area contributed by atoms with Crippen molar-refractivity contribution in [3.8, 4) is 5.75 Å². The molecule has 0 unspecified atom stereocenters. The summed E-state index contributed by atoms with van der Waals surface area (Å²) in [5.41, 5.74) is 5.59. The molecule has 0 aliphatic rings. The molecule has 0 bridgehead atoms. The maximum atomic E-state index is 12.2. The third-order valence-corrected chi connectivity index (χ3v) is 4.28. The lowest BCUT2D eigenvalue weighted by Gasteiger charge is -2.16. The van der Waals surface area contributed by atoms with Gasteiger partial charge in [-0.25, -0.2) is 5.43 Å². The molecule has 2 aromatic carbocycles. The van der Waals surface area contributed by atoms with Gasteiger partial charge in [0, 0.05) is 4.47 Å². The van der Waals surface area contributed by atoms with Crippen molar-refractivity contribution in [2.45, 2.75) is 39.7 Å².